The van der Waals surface area contributed by atoms with Crippen molar-refractivity contribution in [3.05, 3.63) is 15.6 Å². The van der Waals surface area contributed by atoms with Crippen molar-refractivity contribution in [1.29, 1.82) is 0 Å². The summed E-state index contributed by atoms with van der Waals surface area (Å²) in [5.41, 5.74) is 0.601. The van der Waals surface area contributed by atoms with E-state index in [2.05, 4.69) is 31.1 Å². The molecule has 0 aliphatic carbocycles. The number of carboxylic acids is 1. The van der Waals surface area contributed by atoms with E-state index < -0.39 is 11.9 Å². The lowest BCUT2D eigenvalue weighted by atomic mass is 9.98. The van der Waals surface area contributed by atoms with Gasteiger partial charge in [-0.15, -0.1) is 11.3 Å². The van der Waals surface area contributed by atoms with Crippen LogP contribution in [0.2, 0.25) is 0 Å². The highest BCUT2D eigenvalue weighted by Crippen LogP contribution is 2.29. The van der Waals surface area contributed by atoms with Crippen molar-refractivity contribution >= 4 is 23.2 Å². The molecule has 0 spiro atoms. The number of amides is 1. The van der Waals surface area contributed by atoms with Gasteiger partial charge in [0.2, 0.25) is 0 Å². The van der Waals surface area contributed by atoms with Gasteiger partial charge >= 0.3 is 5.97 Å². The van der Waals surface area contributed by atoms with E-state index in [4.69, 9.17) is 5.11 Å². The van der Waals surface area contributed by atoms with Gasteiger partial charge in [0.05, 0.1) is 16.6 Å². The van der Waals surface area contributed by atoms with Gasteiger partial charge in [-0.2, -0.15) is 0 Å². The molecule has 0 aromatic carbocycles. The van der Waals surface area contributed by atoms with Crippen LogP contribution in [0.25, 0.3) is 0 Å². The maximum Gasteiger partial charge on any atom is 0.308 e. The van der Waals surface area contributed by atoms with Crippen molar-refractivity contribution in [2.45, 2.75) is 52.9 Å². The average Bonchev–Trinajstić information content (AvgIpc) is 2.75. The van der Waals surface area contributed by atoms with Gasteiger partial charge in [0.1, 0.15) is 4.88 Å². The molecule has 1 heterocycles. The zero-order valence-corrected chi connectivity index (χ0v) is 14.1. The molecule has 118 valence electrons. The van der Waals surface area contributed by atoms with Gasteiger partial charge < -0.3 is 10.4 Å². The van der Waals surface area contributed by atoms with Gasteiger partial charge in [-0.05, 0) is 13.3 Å². The number of carbonyl (C=O) groups is 2. The Morgan fingerprint density at radius 1 is 1.38 bits per heavy atom. The van der Waals surface area contributed by atoms with E-state index in [0.717, 1.165) is 11.4 Å². The minimum atomic E-state index is -0.867. The number of thiazole rings is 1. The lowest BCUT2D eigenvalue weighted by molar-refractivity contribution is -0.141. The van der Waals surface area contributed by atoms with Crippen LogP contribution in [0.5, 0.6) is 0 Å². The van der Waals surface area contributed by atoms with E-state index in [1.165, 1.54) is 11.3 Å². The fourth-order valence-corrected chi connectivity index (χ4v) is 2.93. The van der Waals surface area contributed by atoms with Crippen LogP contribution in [0.1, 0.15) is 60.9 Å². The molecular formula is C15H24N2O3S. The SMILES string of the molecule is CCCC(CNC(=O)c1sc(C(C)(C)C)nc1C)C(=O)O. The summed E-state index contributed by atoms with van der Waals surface area (Å²) in [7, 11) is 0. The van der Waals surface area contributed by atoms with Crippen LogP contribution in [-0.4, -0.2) is 28.5 Å². The smallest absolute Gasteiger partial charge is 0.308 e. The first-order valence-electron chi connectivity index (χ1n) is 7.15. The van der Waals surface area contributed by atoms with E-state index in [1.54, 1.807) is 6.92 Å². The zero-order chi connectivity index (χ0) is 16.2. The second-order valence-electron chi connectivity index (χ2n) is 6.22. The number of nitrogens with zero attached hydrogens (tertiary/aromatic N) is 1. The van der Waals surface area contributed by atoms with Crippen LogP contribution in [0.3, 0.4) is 0 Å². The number of hydrogen-bond donors (Lipinski definition) is 2. The first kappa shape index (κ1) is 17.6. The van der Waals surface area contributed by atoms with Crippen molar-refractivity contribution in [3.8, 4) is 0 Å². The Morgan fingerprint density at radius 3 is 2.43 bits per heavy atom. The van der Waals surface area contributed by atoms with Crippen molar-refractivity contribution in [3.63, 3.8) is 0 Å². The number of carboxylic acid groups (broad SMARTS) is 1. The molecule has 0 aliphatic rings. The molecule has 1 aromatic heterocycles. The van der Waals surface area contributed by atoms with E-state index in [-0.39, 0.29) is 17.9 Å². The highest BCUT2D eigenvalue weighted by molar-refractivity contribution is 7.14. The normalized spacial score (nSPS) is 13.0. The van der Waals surface area contributed by atoms with Crippen molar-refractivity contribution in [2.24, 2.45) is 5.92 Å². The molecule has 0 aliphatic heterocycles. The molecule has 21 heavy (non-hydrogen) atoms. The van der Waals surface area contributed by atoms with Gasteiger partial charge in [-0.1, -0.05) is 34.1 Å². The predicted octanol–water partition coefficient (Wildman–Crippen LogP) is 2.98. The van der Waals surface area contributed by atoms with Crippen molar-refractivity contribution in [2.75, 3.05) is 6.54 Å². The minimum absolute atomic E-state index is 0.0975. The molecule has 2 N–H and O–H groups in total. The monoisotopic (exact) mass is 312 g/mol. The van der Waals surface area contributed by atoms with Gasteiger partial charge in [0.25, 0.3) is 5.91 Å². The first-order chi connectivity index (χ1) is 9.66. The standard InChI is InChI=1S/C15H24N2O3S/c1-6-7-10(13(19)20)8-16-12(18)11-9(2)17-14(21-11)15(3,4)5/h10H,6-8H2,1-5H3,(H,16,18)(H,19,20). The Morgan fingerprint density at radius 2 is 2.00 bits per heavy atom. The molecule has 1 atom stereocenters. The number of hydrogen-bond acceptors (Lipinski definition) is 4. The van der Waals surface area contributed by atoms with Gasteiger partial charge in [0, 0.05) is 12.0 Å². The van der Waals surface area contributed by atoms with Gasteiger partial charge in [-0.25, -0.2) is 4.98 Å². The summed E-state index contributed by atoms with van der Waals surface area (Å²) in [5.74, 6) is -1.63. The fourth-order valence-electron chi connectivity index (χ4n) is 1.89. The van der Waals surface area contributed by atoms with Crippen LogP contribution in [0.4, 0.5) is 0 Å². The zero-order valence-electron chi connectivity index (χ0n) is 13.3. The van der Waals surface area contributed by atoms with E-state index in [0.29, 0.717) is 17.0 Å². The molecule has 0 fully saturated rings. The maximum atomic E-state index is 12.2. The molecule has 1 aromatic rings. The van der Waals surface area contributed by atoms with Crippen LogP contribution < -0.4 is 5.32 Å². The largest absolute Gasteiger partial charge is 0.481 e. The Kier molecular flexibility index (Phi) is 5.89. The van der Waals surface area contributed by atoms with E-state index >= 15 is 0 Å². The Bertz CT molecular complexity index is 517. The predicted molar refractivity (Wildman–Crippen MR) is 83.9 cm³/mol. The third kappa shape index (κ3) is 4.81. The summed E-state index contributed by atoms with van der Waals surface area (Å²) >= 11 is 1.38. The summed E-state index contributed by atoms with van der Waals surface area (Å²) in [6, 6.07) is 0. The second kappa shape index (κ2) is 7.02. The Hall–Kier alpha value is -1.43. The topological polar surface area (TPSA) is 79.3 Å². The van der Waals surface area contributed by atoms with Crippen molar-refractivity contribution in [1.82, 2.24) is 10.3 Å². The molecular weight excluding hydrogens is 288 g/mol. The number of aromatic nitrogens is 1. The summed E-state index contributed by atoms with van der Waals surface area (Å²) in [4.78, 5) is 28.3. The third-order valence-corrected chi connectivity index (χ3v) is 4.72. The molecule has 0 radical (unpaired) electrons. The lowest BCUT2D eigenvalue weighted by Gasteiger charge is -2.13. The number of carbonyl (C=O) groups excluding carboxylic acids is 1. The quantitative estimate of drug-likeness (QED) is 0.846. The molecule has 5 nitrogen and oxygen atoms in total. The van der Waals surface area contributed by atoms with E-state index in [9.17, 15) is 9.59 Å². The maximum absolute atomic E-state index is 12.2. The molecule has 1 rings (SSSR count). The summed E-state index contributed by atoms with van der Waals surface area (Å²) in [6.07, 6.45) is 1.34. The van der Waals surface area contributed by atoms with Crippen LogP contribution in [0.15, 0.2) is 0 Å². The summed E-state index contributed by atoms with van der Waals surface area (Å²) in [5, 5.41) is 12.7. The number of rotatable bonds is 6. The first-order valence-corrected chi connectivity index (χ1v) is 7.97. The molecule has 1 unspecified atom stereocenters. The third-order valence-electron chi connectivity index (χ3n) is 3.14. The highest BCUT2D eigenvalue weighted by atomic mass is 32.1. The summed E-state index contributed by atoms with van der Waals surface area (Å²) in [6.45, 7) is 10.0. The van der Waals surface area contributed by atoms with Gasteiger partial charge in [-0.3, -0.25) is 9.59 Å². The molecule has 0 bridgehead atoms. The molecule has 1 amide bonds. The fraction of sp³-hybridized carbons (Fsp3) is 0.667. The van der Waals surface area contributed by atoms with Gasteiger partial charge in [0.15, 0.2) is 0 Å². The number of nitrogens with one attached hydrogen (secondary N) is 1. The van der Waals surface area contributed by atoms with Crippen LogP contribution in [0, 0.1) is 12.8 Å². The highest BCUT2D eigenvalue weighted by Gasteiger charge is 2.24. The van der Waals surface area contributed by atoms with Crippen LogP contribution in [-0.2, 0) is 10.2 Å². The minimum Gasteiger partial charge on any atom is -0.481 e. The van der Waals surface area contributed by atoms with Crippen molar-refractivity contribution < 1.29 is 14.7 Å². The Balaban J connectivity index is 2.76. The van der Waals surface area contributed by atoms with E-state index in [1.807, 2.05) is 6.92 Å². The number of aliphatic carboxylic acids is 1. The number of aryl methyl sites for hydroxylation is 1. The molecule has 6 heteroatoms. The summed E-state index contributed by atoms with van der Waals surface area (Å²) < 4.78 is 0. The van der Waals surface area contributed by atoms with Crippen LogP contribution >= 0.6 is 11.3 Å². The lowest BCUT2D eigenvalue weighted by Crippen LogP contribution is -2.32. The second-order valence-corrected chi connectivity index (χ2v) is 7.22. The average molecular weight is 312 g/mol. The molecule has 0 saturated heterocycles. The Labute approximate surface area is 129 Å². The molecule has 0 saturated carbocycles.